The predicted molar refractivity (Wildman–Crippen MR) is 86.5 cm³/mol. The van der Waals surface area contributed by atoms with Crippen molar-refractivity contribution in [1.82, 2.24) is 9.29 Å². The molecular formula is C15H16N2O3S2. The van der Waals surface area contributed by atoms with E-state index in [1.807, 2.05) is 12.1 Å². The van der Waals surface area contributed by atoms with Gasteiger partial charge in [-0.05, 0) is 35.1 Å². The number of rotatable bonds is 4. The second-order valence-corrected chi connectivity index (χ2v) is 7.92. The predicted octanol–water partition coefficient (Wildman–Crippen LogP) is 2.63. The normalized spacial score (nSPS) is 16.3. The minimum Gasteiger partial charge on any atom is -0.494 e. The Hall–Kier alpha value is -1.70. The molecule has 2 aromatic rings. The van der Waals surface area contributed by atoms with Gasteiger partial charge in [0.2, 0.25) is 0 Å². The van der Waals surface area contributed by atoms with Gasteiger partial charge >= 0.3 is 0 Å². The van der Waals surface area contributed by atoms with Crippen molar-refractivity contribution < 1.29 is 13.2 Å². The first-order chi connectivity index (χ1) is 10.6. The van der Waals surface area contributed by atoms with Gasteiger partial charge in [-0.25, -0.2) is 8.42 Å². The molecule has 0 saturated heterocycles. The molecular weight excluding hydrogens is 320 g/mol. The van der Waals surface area contributed by atoms with E-state index in [1.54, 1.807) is 23.8 Å². The summed E-state index contributed by atoms with van der Waals surface area (Å²) in [7, 11) is -2.05. The molecule has 2 aromatic heterocycles. The molecule has 0 N–H and O–H groups in total. The van der Waals surface area contributed by atoms with Crippen LogP contribution in [0.4, 0.5) is 0 Å². The number of hydrogen-bond acceptors (Lipinski definition) is 5. The molecule has 7 heteroatoms. The summed E-state index contributed by atoms with van der Waals surface area (Å²) < 4.78 is 32.6. The first kappa shape index (κ1) is 15.2. The van der Waals surface area contributed by atoms with E-state index >= 15 is 0 Å². The fourth-order valence-electron chi connectivity index (χ4n) is 2.42. The highest BCUT2D eigenvalue weighted by Crippen LogP contribution is 2.34. The summed E-state index contributed by atoms with van der Waals surface area (Å²) in [5, 5.41) is 1.73. The number of hydrogen-bond donors (Lipinski definition) is 0. The standard InChI is InChI=1S/C15H16N2O3S2/c1-20-14-6-9-21-15(14)22(18,19)17-8-3-5-13(11-17)12-4-2-7-16-10-12/h2,4-7,9-10H,3,8,11H2,1H3. The Bertz CT molecular complexity index is 782. The summed E-state index contributed by atoms with van der Waals surface area (Å²) in [5.74, 6) is 0.405. The zero-order valence-corrected chi connectivity index (χ0v) is 13.7. The van der Waals surface area contributed by atoms with E-state index in [0.29, 0.717) is 25.3 Å². The van der Waals surface area contributed by atoms with E-state index < -0.39 is 10.0 Å². The topological polar surface area (TPSA) is 59.5 Å². The van der Waals surface area contributed by atoms with E-state index in [-0.39, 0.29) is 4.21 Å². The molecule has 0 amide bonds. The number of methoxy groups -OCH3 is 1. The van der Waals surface area contributed by atoms with Gasteiger partial charge in [0.1, 0.15) is 5.75 Å². The minimum atomic E-state index is -3.54. The highest BCUT2D eigenvalue weighted by Gasteiger charge is 2.31. The van der Waals surface area contributed by atoms with Crippen LogP contribution in [0.25, 0.3) is 5.57 Å². The number of aromatic nitrogens is 1. The third-order valence-corrected chi connectivity index (χ3v) is 6.81. The Morgan fingerprint density at radius 3 is 2.95 bits per heavy atom. The molecule has 0 fully saturated rings. The minimum absolute atomic E-state index is 0.266. The van der Waals surface area contributed by atoms with Crippen molar-refractivity contribution in [2.24, 2.45) is 0 Å². The molecule has 3 heterocycles. The smallest absolute Gasteiger partial charge is 0.256 e. The van der Waals surface area contributed by atoms with Crippen LogP contribution in [-0.2, 0) is 10.0 Å². The Balaban J connectivity index is 1.89. The third kappa shape index (κ3) is 2.79. The second-order valence-electron chi connectivity index (χ2n) is 4.87. The van der Waals surface area contributed by atoms with Gasteiger partial charge in [-0.1, -0.05) is 12.1 Å². The Morgan fingerprint density at radius 2 is 2.23 bits per heavy atom. The average molecular weight is 336 g/mol. The maximum absolute atomic E-state index is 12.8. The van der Waals surface area contributed by atoms with Crippen LogP contribution in [0.3, 0.4) is 0 Å². The molecule has 0 spiro atoms. The summed E-state index contributed by atoms with van der Waals surface area (Å²) in [6, 6.07) is 5.48. The van der Waals surface area contributed by atoms with Crippen LogP contribution in [-0.4, -0.2) is 37.9 Å². The lowest BCUT2D eigenvalue weighted by Gasteiger charge is -2.26. The third-order valence-electron chi connectivity index (χ3n) is 3.54. The Kier molecular flexibility index (Phi) is 4.28. The lowest BCUT2D eigenvalue weighted by atomic mass is 10.0. The van der Waals surface area contributed by atoms with Crippen molar-refractivity contribution in [3.8, 4) is 5.75 Å². The zero-order chi connectivity index (χ0) is 15.6. The highest BCUT2D eigenvalue weighted by atomic mass is 32.2. The van der Waals surface area contributed by atoms with Crippen LogP contribution in [0.15, 0.2) is 46.3 Å². The van der Waals surface area contributed by atoms with Crippen molar-refractivity contribution in [2.45, 2.75) is 10.6 Å². The van der Waals surface area contributed by atoms with Crippen LogP contribution in [0, 0.1) is 0 Å². The average Bonchev–Trinajstić information content (AvgIpc) is 3.05. The van der Waals surface area contributed by atoms with Crippen molar-refractivity contribution in [2.75, 3.05) is 20.2 Å². The van der Waals surface area contributed by atoms with Gasteiger partial charge in [-0.15, -0.1) is 11.3 Å². The molecule has 0 atom stereocenters. The van der Waals surface area contributed by atoms with E-state index in [9.17, 15) is 8.42 Å². The van der Waals surface area contributed by atoms with Gasteiger partial charge < -0.3 is 4.74 Å². The molecule has 22 heavy (non-hydrogen) atoms. The SMILES string of the molecule is COc1ccsc1S(=O)(=O)N1CCC=C(c2cccnc2)C1. The summed E-state index contributed by atoms with van der Waals surface area (Å²) in [4.78, 5) is 4.10. The van der Waals surface area contributed by atoms with Crippen LogP contribution < -0.4 is 4.74 Å². The molecule has 5 nitrogen and oxygen atoms in total. The van der Waals surface area contributed by atoms with Crippen molar-refractivity contribution in [3.63, 3.8) is 0 Å². The molecule has 1 aliphatic rings. The first-order valence-electron chi connectivity index (χ1n) is 6.84. The molecule has 3 rings (SSSR count). The second kappa shape index (κ2) is 6.20. The van der Waals surface area contributed by atoms with Gasteiger partial charge in [0.25, 0.3) is 10.0 Å². The molecule has 0 unspecified atom stereocenters. The summed E-state index contributed by atoms with van der Waals surface area (Å²) >= 11 is 1.19. The fourth-order valence-corrected chi connectivity index (χ4v) is 5.27. The quantitative estimate of drug-likeness (QED) is 0.861. The van der Waals surface area contributed by atoms with Gasteiger partial charge in [-0.2, -0.15) is 4.31 Å². The molecule has 0 radical (unpaired) electrons. The van der Waals surface area contributed by atoms with Crippen molar-refractivity contribution >= 4 is 26.9 Å². The van der Waals surface area contributed by atoms with E-state index in [2.05, 4.69) is 11.1 Å². The number of pyridine rings is 1. The van der Waals surface area contributed by atoms with Crippen molar-refractivity contribution in [1.29, 1.82) is 0 Å². The number of sulfonamides is 1. The molecule has 0 aromatic carbocycles. The maximum Gasteiger partial charge on any atom is 0.256 e. The maximum atomic E-state index is 12.8. The van der Waals surface area contributed by atoms with Crippen LogP contribution >= 0.6 is 11.3 Å². The summed E-state index contributed by atoms with van der Waals surface area (Å²) in [5.41, 5.74) is 1.94. The zero-order valence-electron chi connectivity index (χ0n) is 12.1. The number of nitrogens with zero attached hydrogens (tertiary/aromatic N) is 2. The largest absolute Gasteiger partial charge is 0.494 e. The molecule has 1 aliphatic heterocycles. The summed E-state index contributed by atoms with van der Waals surface area (Å²) in [6.07, 6.45) is 6.23. The van der Waals surface area contributed by atoms with E-state index in [4.69, 9.17) is 4.74 Å². The van der Waals surface area contributed by atoms with E-state index in [1.165, 1.54) is 22.8 Å². The lowest BCUT2D eigenvalue weighted by Crippen LogP contribution is -2.35. The molecule has 116 valence electrons. The first-order valence-corrected chi connectivity index (χ1v) is 9.16. The number of thiophene rings is 1. The van der Waals surface area contributed by atoms with Crippen LogP contribution in [0.2, 0.25) is 0 Å². The van der Waals surface area contributed by atoms with Crippen LogP contribution in [0.1, 0.15) is 12.0 Å². The lowest BCUT2D eigenvalue weighted by molar-refractivity contribution is 0.400. The monoisotopic (exact) mass is 336 g/mol. The van der Waals surface area contributed by atoms with Gasteiger partial charge in [-0.3, -0.25) is 4.98 Å². The molecule has 0 saturated carbocycles. The molecule has 0 bridgehead atoms. The Morgan fingerprint density at radius 1 is 1.36 bits per heavy atom. The molecule has 0 aliphatic carbocycles. The summed E-state index contributed by atoms with van der Waals surface area (Å²) in [6.45, 7) is 0.836. The Labute approximate surface area is 133 Å². The fraction of sp³-hybridized carbons (Fsp3) is 0.267. The van der Waals surface area contributed by atoms with Crippen molar-refractivity contribution in [3.05, 3.63) is 47.6 Å². The number of ether oxygens (including phenoxy) is 1. The van der Waals surface area contributed by atoms with Gasteiger partial charge in [0, 0.05) is 25.5 Å². The van der Waals surface area contributed by atoms with Gasteiger partial charge in [0.05, 0.1) is 7.11 Å². The van der Waals surface area contributed by atoms with Crippen LogP contribution in [0.5, 0.6) is 5.75 Å². The highest BCUT2D eigenvalue weighted by molar-refractivity contribution is 7.91. The van der Waals surface area contributed by atoms with E-state index in [0.717, 1.165) is 11.1 Å². The van der Waals surface area contributed by atoms with Gasteiger partial charge in [0.15, 0.2) is 4.21 Å².